The number of halogens is 2. The first kappa shape index (κ1) is 36.9. The molecule has 4 aromatic carbocycles. The van der Waals surface area contributed by atoms with Crippen molar-refractivity contribution in [2.75, 3.05) is 32.8 Å². The molecular formula is C39H41ClFN3O5S2. The number of fused-ring (bicyclic) bond motifs is 1. The molecule has 1 aliphatic heterocycles. The lowest BCUT2D eigenvalue weighted by atomic mass is 9.91. The van der Waals surface area contributed by atoms with Gasteiger partial charge in [0, 0.05) is 35.8 Å². The van der Waals surface area contributed by atoms with Gasteiger partial charge in [-0.15, -0.1) is 0 Å². The van der Waals surface area contributed by atoms with Gasteiger partial charge in [-0.25, -0.2) is 17.5 Å². The third-order valence-electron chi connectivity index (χ3n) is 9.33. The summed E-state index contributed by atoms with van der Waals surface area (Å²) in [7, 11) is -3.69. The lowest BCUT2D eigenvalue weighted by Crippen LogP contribution is -2.36. The van der Waals surface area contributed by atoms with Gasteiger partial charge in [0.2, 0.25) is 10.0 Å². The number of nitrogens with one attached hydrogen (secondary N) is 1. The second kappa shape index (κ2) is 17.1. The third-order valence-corrected chi connectivity index (χ3v) is 11.9. The van der Waals surface area contributed by atoms with Crippen LogP contribution >= 0.6 is 23.1 Å². The zero-order chi connectivity index (χ0) is 35.8. The Hall–Kier alpha value is -3.87. The van der Waals surface area contributed by atoms with E-state index in [1.165, 1.54) is 29.7 Å². The summed E-state index contributed by atoms with van der Waals surface area (Å²) in [6.07, 6.45) is 4.34. The van der Waals surface area contributed by atoms with E-state index in [0.717, 1.165) is 89.1 Å². The zero-order valence-corrected chi connectivity index (χ0v) is 30.6. The van der Waals surface area contributed by atoms with Crippen LogP contribution in [0.4, 0.5) is 4.39 Å². The van der Waals surface area contributed by atoms with E-state index in [1.807, 2.05) is 36.4 Å². The highest BCUT2D eigenvalue weighted by Gasteiger charge is 2.24. The number of sulfonamides is 1. The number of aliphatic carboxylic acids is 1. The van der Waals surface area contributed by atoms with Gasteiger partial charge >= 0.3 is 5.97 Å². The van der Waals surface area contributed by atoms with Gasteiger partial charge in [0.15, 0.2) is 0 Å². The number of aromatic nitrogens is 1. The maximum absolute atomic E-state index is 13.6. The van der Waals surface area contributed by atoms with Crippen molar-refractivity contribution in [3.63, 3.8) is 0 Å². The predicted octanol–water partition coefficient (Wildman–Crippen LogP) is 7.67. The van der Waals surface area contributed by atoms with Crippen LogP contribution in [0.25, 0.3) is 10.1 Å². The van der Waals surface area contributed by atoms with E-state index in [9.17, 15) is 22.7 Å². The molecule has 0 unspecified atom stereocenters. The van der Waals surface area contributed by atoms with Gasteiger partial charge in [-0.05, 0) is 134 Å². The summed E-state index contributed by atoms with van der Waals surface area (Å²) < 4.78 is 53.7. The average Bonchev–Trinajstić information content (AvgIpc) is 3.54. The molecule has 12 heteroatoms. The zero-order valence-electron chi connectivity index (χ0n) is 28.2. The highest BCUT2D eigenvalue weighted by molar-refractivity contribution is 7.89. The number of ether oxygens (including phenoxy) is 1. The van der Waals surface area contributed by atoms with Crippen LogP contribution in [0.5, 0.6) is 5.75 Å². The third kappa shape index (κ3) is 10.1. The number of likely N-dealkylation sites (tertiary alicyclic amines) is 1. The smallest absolute Gasteiger partial charge is 0.303 e. The Bertz CT molecular complexity index is 2070. The number of carboxylic acid groups (broad SMARTS) is 1. The van der Waals surface area contributed by atoms with E-state index in [1.54, 1.807) is 18.2 Å². The van der Waals surface area contributed by atoms with E-state index < -0.39 is 16.0 Å². The molecule has 0 atom stereocenters. The molecule has 1 fully saturated rings. The summed E-state index contributed by atoms with van der Waals surface area (Å²) in [4.78, 5) is 13.9. The molecule has 1 aromatic heterocycles. The standard InChI is InChI=1S/C39H41ClFN3O5S2/c40-32-8-11-34(12-9-32)51(47,48)42-18-15-29-24-27(23-28(25-29)6-14-38(45)46)5-7-30-3-1-2-4-36(30)49-22-21-44-19-16-31(17-20-44)39-35-13-10-33(41)26-37(35)50-43-39/h1-4,8-13,23-26,31,42H,5-7,14-22H2,(H,45,46). The van der Waals surface area contributed by atoms with E-state index in [2.05, 4.69) is 26.1 Å². The van der Waals surface area contributed by atoms with Crippen molar-refractivity contribution in [1.29, 1.82) is 0 Å². The molecule has 0 saturated carbocycles. The van der Waals surface area contributed by atoms with Crippen LogP contribution in [0.1, 0.15) is 53.1 Å². The number of para-hydroxylation sites is 1. The van der Waals surface area contributed by atoms with Gasteiger partial charge in [-0.3, -0.25) is 9.69 Å². The quantitative estimate of drug-likeness (QED) is 0.107. The number of benzene rings is 4. The van der Waals surface area contributed by atoms with Gasteiger partial charge in [0.05, 0.1) is 15.3 Å². The summed E-state index contributed by atoms with van der Waals surface area (Å²) in [5, 5.41) is 10.8. The Morgan fingerprint density at radius 3 is 2.39 bits per heavy atom. The van der Waals surface area contributed by atoms with Crippen molar-refractivity contribution in [3.05, 3.63) is 124 Å². The molecule has 0 amide bonds. The van der Waals surface area contributed by atoms with Crippen LogP contribution in [-0.2, 0) is 40.5 Å². The minimum atomic E-state index is -3.69. The van der Waals surface area contributed by atoms with Crippen molar-refractivity contribution in [3.8, 4) is 5.75 Å². The highest BCUT2D eigenvalue weighted by atomic mass is 35.5. The summed E-state index contributed by atoms with van der Waals surface area (Å²) in [6, 6.07) is 25.1. The van der Waals surface area contributed by atoms with Gasteiger partial charge in [0.1, 0.15) is 18.2 Å². The van der Waals surface area contributed by atoms with Crippen LogP contribution in [-0.4, -0.2) is 61.6 Å². The summed E-state index contributed by atoms with van der Waals surface area (Å²) in [6.45, 7) is 3.50. The molecule has 0 radical (unpaired) electrons. The highest BCUT2D eigenvalue weighted by Crippen LogP contribution is 2.34. The maximum atomic E-state index is 13.6. The SMILES string of the molecule is O=C(O)CCc1cc(CCNS(=O)(=O)c2ccc(Cl)cc2)cc(CCc2ccccc2OCCN2CCC(c3nsc4cc(F)ccc34)CC2)c1. The Balaban J connectivity index is 1.02. The lowest BCUT2D eigenvalue weighted by molar-refractivity contribution is -0.136. The van der Waals surface area contributed by atoms with E-state index in [0.29, 0.717) is 30.4 Å². The number of piperidine rings is 1. The first-order valence-corrected chi connectivity index (χ1v) is 19.8. The average molecular weight is 750 g/mol. The Labute approximate surface area is 307 Å². The van der Waals surface area contributed by atoms with Crippen LogP contribution < -0.4 is 9.46 Å². The van der Waals surface area contributed by atoms with Crippen molar-refractivity contribution in [1.82, 2.24) is 14.0 Å². The van der Waals surface area contributed by atoms with Crippen LogP contribution in [0.2, 0.25) is 5.02 Å². The molecule has 1 aliphatic rings. The molecule has 1 saturated heterocycles. The molecule has 6 rings (SSSR count). The Kier molecular flexibility index (Phi) is 12.4. The molecular weight excluding hydrogens is 709 g/mol. The van der Waals surface area contributed by atoms with Crippen LogP contribution in [0.15, 0.2) is 89.8 Å². The van der Waals surface area contributed by atoms with Crippen molar-refractivity contribution in [2.24, 2.45) is 0 Å². The predicted molar refractivity (Wildman–Crippen MR) is 200 cm³/mol. The van der Waals surface area contributed by atoms with Gasteiger partial charge in [0.25, 0.3) is 0 Å². The number of rotatable bonds is 16. The summed E-state index contributed by atoms with van der Waals surface area (Å²) in [5.74, 6) is 0.146. The molecule has 8 nitrogen and oxygen atoms in total. The van der Waals surface area contributed by atoms with E-state index in [4.69, 9.17) is 16.3 Å². The molecule has 268 valence electrons. The van der Waals surface area contributed by atoms with Gasteiger partial charge in [-0.2, -0.15) is 4.37 Å². The Morgan fingerprint density at radius 2 is 1.65 bits per heavy atom. The normalized spacial score (nSPS) is 14.2. The molecule has 0 aliphatic carbocycles. The fourth-order valence-corrected chi connectivity index (χ4v) is 8.66. The summed E-state index contributed by atoms with van der Waals surface area (Å²) in [5.41, 5.74) is 5.10. The lowest BCUT2D eigenvalue weighted by Gasteiger charge is -2.31. The monoisotopic (exact) mass is 749 g/mol. The van der Waals surface area contributed by atoms with Crippen LogP contribution in [0, 0.1) is 5.82 Å². The minimum absolute atomic E-state index is 0.0173. The minimum Gasteiger partial charge on any atom is -0.492 e. The number of carboxylic acids is 1. The molecule has 5 aromatic rings. The molecule has 2 N–H and O–H groups in total. The number of aryl methyl sites for hydroxylation is 3. The number of carbonyl (C=O) groups is 1. The van der Waals surface area contributed by atoms with E-state index in [-0.39, 0.29) is 23.7 Å². The fraction of sp³-hybridized carbons (Fsp3) is 0.333. The second-order valence-corrected chi connectivity index (χ2v) is 15.9. The first-order valence-electron chi connectivity index (χ1n) is 17.2. The van der Waals surface area contributed by atoms with Gasteiger partial charge < -0.3 is 9.84 Å². The number of hydrogen-bond donors (Lipinski definition) is 2. The second-order valence-electron chi connectivity index (χ2n) is 12.9. The maximum Gasteiger partial charge on any atom is 0.303 e. The van der Waals surface area contributed by atoms with Gasteiger partial charge in [-0.1, -0.05) is 48.0 Å². The number of nitrogens with zero attached hydrogens (tertiary/aromatic N) is 2. The number of hydrogen-bond acceptors (Lipinski definition) is 7. The molecule has 2 heterocycles. The van der Waals surface area contributed by atoms with Crippen LogP contribution in [0.3, 0.4) is 0 Å². The first-order chi connectivity index (χ1) is 24.6. The molecule has 0 spiro atoms. The Morgan fingerprint density at radius 1 is 0.941 bits per heavy atom. The molecule has 51 heavy (non-hydrogen) atoms. The fourth-order valence-electron chi connectivity index (χ4n) is 6.62. The van der Waals surface area contributed by atoms with Crippen molar-refractivity contribution < 1.29 is 27.4 Å². The topological polar surface area (TPSA) is 109 Å². The largest absolute Gasteiger partial charge is 0.492 e. The summed E-state index contributed by atoms with van der Waals surface area (Å²) >= 11 is 7.28. The molecule has 0 bridgehead atoms. The van der Waals surface area contributed by atoms with Crippen molar-refractivity contribution >= 4 is 49.2 Å². The van der Waals surface area contributed by atoms with E-state index >= 15 is 0 Å². The van der Waals surface area contributed by atoms with Crippen molar-refractivity contribution in [2.45, 2.75) is 55.8 Å².